The van der Waals surface area contributed by atoms with E-state index in [9.17, 15) is 33.9 Å². The number of amidine groups is 1. The van der Waals surface area contributed by atoms with Crippen LogP contribution in [0.1, 0.15) is 71.6 Å². The fourth-order valence-corrected chi connectivity index (χ4v) is 4.30. The molecule has 0 aliphatic carbocycles. The van der Waals surface area contributed by atoms with E-state index in [1.807, 2.05) is 0 Å². The summed E-state index contributed by atoms with van der Waals surface area (Å²) in [5.41, 5.74) is 10.7. The zero-order valence-corrected chi connectivity index (χ0v) is 25.1. The molecule has 244 valence electrons. The van der Waals surface area contributed by atoms with Crippen LogP contribution in [0.5, 0.6) is 0 Å². The summed E-state index contributed by atoms with van der Waals surface area (Å²) >= 11 is 0. The minimum atomic E-state index is -3.11. The van der Waals surface area contributed by atoms with Gasteiger partial charge in [0, 0.05) is 38.6 Å². The van der Waals surface area contributed by atoms with Crippen molar-refractivity contribution in [1.82, 2.24) is 15.5 Å². The first kappa shape index (κ1) is 39.2. The Balaban J connectivity index is 0.00000413. The van der Waals surface area contributed by atoms with E-state index in [1.54, 1.807) is 0 Å². The highest BCUT2D eigenvalue weighted by atomic mass is 32.2. The molecule has 1 saturated heterocycles. The Bertz CT molecular complexity index is 1090. The third kappa shape index (κ3) is 16.5. The summed E-state index contributed by atoms with van der Waals surface area (Å²) in [4.78, 5) is 74.6. The molecule has 1 rings (SSSR count). The quantitative estimate of drug-likeness (QED) is 0.0383. The highest BCUT2D eigenvalue weighted by Gasteiger charge is 2.37. The number of likely N-dealkylation sites (tertiary alicyclic amines) is 1. The number of amides is 3. The van der Waals surface area contributed by atoms with Crippen molar-refractivity contribution in [2.45, 2.75) is 96.1 Å². The summed E-state index contributed by atoms with van der Waals surface area (Å²) < 4.78 is 30.3. The fraction of sp³-hybridized carbons (Fsp3) is 0.720. The number of carbonyl (C=O) groups excluding carboxylic acids is 6. The number of nitrogens with one attached hydrogen (secondary N) is 3. The standard InChI is InChI=1S/C25H42N6O8.O3S/c1-15(20(35)12-17(16(2)33)25(38)31-11-5-8-24(31)39-14-32)29-22(36)10-9-19(34)18(30-23(37)13-26)6-3-4-7-21(27)28;1-4(2)3/h14-18,24,33H,3-13,26H2,1-2H3,(H3,27,28)(H,29,36)(H,30,37);. The molecule has 0 aromatic rings. The van der Waals surface area contributed by atoms with Crippen LogP contribution in [0.25, 0.3) is 0 Å². The average molecular weight is 635 g/mol. The minimum absolute atomic E-state index is 0.0282. The zero-order valence-electron chi connectivity index (χ0n) is 24.3. The van der Waals surface area contributed by atoms with Crippen molar-refractivity contribution in [3.05, 3.63) is 0 Å². The number of ketones is 2. The number of aliphatic hydroxyl groups excluding tert-OH is 1. The van der Waals surface area contributed by atoms with Gasteiger partial charge in [-0.25, -0.2) is 0 Å². The van der Waals surface area contributed by atoms with Crippen LogP contribution in [-0.2, 0) is 44.1 Å². The third-order valence-corrected chi connectivity index (χ3v) is 6.57. The second-order valence-corrected chi connectivity index (χ2v) is 10.3. The normalized spacial score (nSPS) is 16.7. The van der Waals surface area contributed by atoms with Crippen LogP contribution in [0.2, 0.25) is 0 Å². The number of hydrogen-bond donors (Lipinski definition) is 6. The molecule has 0 radical (unpaired) electrons. The molecule has 0 aromatic carbocycles. The van der Waals surface area contributed by atoms with Gasteiger partial charge in [0.1, 0.15) is 0 Å². The monoisotopic (exact) mass is 634 g/mol. The maximum Gasteiger partial charge on any atom is 0.425 e. The van der Waals surface area contributed by atoms with Crippen molar-refractivity contribution in [2.24, 2.45) is 17.4 Å². The van der Waals surface area contributed by atoms with E-state index >= 15 is 0 Å². The number of carbonyl (C=O) groups is 6. The first-order valence-electron chi connectivity index (χ1n) is 13.7. The first-order valence-corrected chi connectivity index (χ1v) is 14.7. The number of hydrogen-bond acceptors (Lipinski definition) is 13. The molecule has 43 heavy (non-hydrogen) atoms. The largest absolute Gasteiger partial charge is 0.444 e. The Hall–Kier alpha value is -3.77. The summed E-state index contributed by atoms with van der Waals surface area (Å²) in [7, 11) is -3.11. The number of unbranched alkanes of at least 4 members (excludes halogenated alkanes) is 1. The molecule has 18 heteroatoms. The van der Waals surface area contributed by atoms with E-state index in [-0.39, 0.29) is 43.9 Å². The van der Waals surface area contributed by atoms with Gasteiger partial charge < -0.3 is 36.8 Å². The summed E-state index contributed by atoms with van der Waals surface area (Å²) in [5, 5.41) is 22.5. The number of nitrogens with two attached hydrogens (primary N) is 2. The SMILES string of the molecule is CC(NC(=O)CCC(=O)C(CCCCC(=N)N)NC(=O)CN)C(=O)CC(C(=O)N1CCCC1OC=O)C(C)O.O=S(=O)=O. The molecule has 1 aliphatic rings. The molecular formula is C25H42N6O11S. The molecule has 1 heterocycles. The predicted octanol–water partition coefficient (Wildman–Crippen LogP) is -2.15. The lowest BCUT2D eigenvalue weighted by Crippen LogP contribution is -2.46. The van der Waals surface area contributed by atoms with Gasteiger partial charge in [0.15, 0.2) is 17.8 Å². The number of aliphatic hydroxyl groups is 1. The first-order chi connectivity index (χ1) is 20.1. The molecule has 17 nitrogen and oxygen atoms in total. The maximum absolute atomic E-state index is 13.0. The average Bonchev–Trinajstić information content (AvgIpc) is 3.39. The molecule has 0 bridgehead atoms. The Morgan fingerprint density at radius 2 is 1.67 bits per heavy atom. The molecule has 0 aromatic heterocycles. The van der Waals surface area contributed by atoms with Gasteiger partial charge in [-0.2, -0.15) is 0 Å². The van der Waals surface area contributed by atoms with Gasteiger partial charge in [-0.3, -0.25) is 34.2 Å². The predicted molar refractivity (Wildman–Crippen MR) is 150 cm³/mol. The van der Waals surface area contributed by atoms with Gasteiger partial charge in [-0.1, -0.05) is 6.42 Å². The van der Waals surface area contributed by atoms with Crippen LogP contribution in [0, 0.1) is 11.3 Å². The van der Waals surface area contributed by atoms with Gasteiger partial charge in [0.05, 0.1) is 36.5 Å². The van der Waals surface area contributed by atoms with E-state index < -0.39 is 64.4 Å². The van der Waals surface area contributed by atoms with E-state index in [1.165, 1.54) is 18.7 Å². The smallest absolute Gasteiger partial charge is 0.425 e. The highest BCUT2D eigenvalue weighted by molar-refractivity contribution is 7.59. The Morgan fingerprint density at radius 3 is 2.21 bits per heavy atom. The molecule has 0 saturated carbocycles. The highest BCUT2D eigenvalue weighted by Crippen LogP contribution is 2.23. The van der Waals surface area contributed by atoms with Crippen molar-refractivity contribution >= 4 is 52.2 Å². The van der Waals surface area contributed by atoms with Crippen LogP contribution in [0.15, 0.2) is 0 Å². The third-order valence-electron chi connectivity index (χ3n) is 6.57. The van der Waals surface area contributed by atoms with Crippen LogP contribution >= 0.6 is 0 Å². The van der Waals surface area contributed by atoms with E-state index in [0.717, 1.165) is 0 Å². The maximum atomic E-state index is 13.0. The van der Waals surface area contributed by atoms with Gasteiger partial charge in [-0.05, 0) is 33.1 Å². The van der Waals surface area contributed by atoms with Crippen molar-refractivity contribution in [3.8, 4) is 0 Å². The van der Waals surface area contributed by atoms with Crippen molar-refractivity contribution < 1.29 is 51.2 Å². The molecule has 0 spiro atoms. The van der Waals surface area contributed by atoms with Crippen LogP contribution < -0.4 is 22.1 Å². The van der Waals surface area contributed by atoms with Gasteiger partial charge in [0.2, 0.25) is 17.7 Å². The number of rotatable bonds is 19. The van der Waals surface area contributed by atoms with Crippen LogP contribution in [-0.4, -0.2) is 102 Å². The number of ether oxygens (including phenoxy) is 1. The fourth-order valence-electron chi connectivity index (χ4n) is 4.30. The second-order valence-electron chi connectivity index (χ2n) is 9.93. The van der Waals surface area contributed by atoms with Crippen molar-refractivity contribution in [1.29, 1.82) is 5.41 Å². The zero-order chi connectivity index (χ0) is 33.1. The molecule has 5 unspecified atom stereocenters. The topological polar surface area (TPSA) is 286 Å². The summed E-state index contributed by atoms with van der Waals surface area (Å²) in [6.45, 7) is 3.12. The van der Waals surface area contributed by atoms with E-state index in [0.29, 0.717) is 45.1 Å². The van der Waals surface area contributed by atoms with Gasteiger partial charge >= 0.3 is 10.6 Å². The lowest BCUT2D eigenvalue weighted by atomic mass is 9.93. The number of Topliss-reactive ketones (excluding diaryl/α,β-unsaturated/α-hetero) is 2. The van der Waals surface area contributed by atoms with Crippen molar-refractivity contribution in [2.75, 3.05) is 13.1 Å². The lowest BCUT2D eigenvalue weighted by molar-refractivity contribution is -0.156. The second kappa shape index (κ2) is 21.0. The molecule has 3 amide bonds. The minimum Gasteiger partial charge on any atom is -0.444 e. The summed E-state index contributed by atoms with van der Waals surface area (Å²) in [6, 6.07) is -1.82. The summed E-state index contributed by atoms with van der Waals surface area (Å²) in [5.74, 6) is -3.50. The molecule has 8 N–H and O–H groups in total. The molecular weight excluding hydrogens is 592 g/mol. The molecule has 5 atom stereocenters. The van der Waals surface area contributed by atoms with E-state index in [2.05, 4.69) is 10.6 Å². The Kier molecular flexibility index (Phi) is 19.2. The lowest BCUT2D eigenvalue weighted by Gasteiger charge is -2.29. The molecule has 1 fully saturated rings. The van der Waals surface area contributed by atoms with Crippen LogP contribution in [0.3, 0.4) is 0 Å². The Morgan fingerprint density at radius 1 is 1.05 bits per heavy atom. The van der Waals surface area contributed by atoms with E-state index in [4.69, 9.17) is 34.2 Å². The van der Waals surface area contributed by atoms with Gasteiger partial charge in [0.25, 0.3) is 6.47 Å². The Labute approximate surface area is 251 Å². The molecule has 1 aliphatic heterocycles. The van der Waals surface area contributed by atoms with Gasteiger partial charge in [-0.15, -0.1) is 12.6 Å². The number of nitrogens with zero attached hydrogens (tertiary/aromatic N) is 1. The summed E-state index contributed by atoms with van der Waals surface area (Å²) in [6.07, 6.45) is 0.199. The van der Waals surface area contributed by atoms with Crippen LogP contribution in [0.4, 0.5) is 0 Å². The van der Waals surface area contributed by atoms with Crippen molar-refractivity contribution in [3.63, 3.8) is 0 Å².